The number of ether oxygens (including phenoxy) is 2. The van der Waals surface area contributed by atoms with Crippen LogP contribution in [0.1, 0.15) is 13.3 Å². The average molecular weight is 307 g/mol. The molecule has 1 aromatic rings. The average Bonchev–Trinajstić information content (AvgIpc) is 2.36. The molecule has 1 atom stereocenters. The lowest BCUT2D eigenvalue weighted by molar-refractivity contribution is -0.274. The topological polar surface area (TPSA) is 67.8 Å². The Morgan fingerprint density at radius 2 is 1.95 bits per heavy atom. The standard InChI is InChI=1S/C13H16F3NO4/c1-2-20-12(19)7-10(18)8-17-9-3-5-11(6-4-9)21-13(14,15)16/h3-6,10,17-18H,2,7-8H2,1H3. The summed E-state index contributed by atoms with van der Waals surface area (Å²) in [4.78, 5) is 11.1. The van der Waals surface area contributed by atoms with Crippen LogP contribution in [0, 0.1) is 0 Å². The van der Waals surface area contributed by atoms with Crippen molar-refractivity contribution >= 4 is 11.7 Å². The lowest BCUT2D eigenvalue weighted by atomic mass is 10.2. The number of hydrogen-bond donors (Lipinski definition) is 2. The van der Waals surface area contributed by atoms with E-state index in [0.29, 0.717) is 5.69 Å². The molecule has 2 N–H and O–H groups in total. The maximum absolute atomic E-state index is 12.0. The molecule has 0 saturated heterocycles. The summed E-state index contributed by atoms with van der Waals surface area (Å²) in [5.74, 6) is -0.846. The zero-order valence-corrected chi connectivity index (χ0v) is 11.3. The molecule has 0 amide bonds. The van der Waals surface area contributed by atoms with Gasteiger partial charge in [-0.25, -0.2) is 0 Å². The van der Waals surface area contributed by atoms with Gasteiger partial charge in [-0.05, 0) is 31.2 Å². The first-order valence-corrected chi connectivity index (χ1v) is 6.23. The second kappa shape index (κ2) is 7.72. The maximum Gasteiger partial charge on any atom is 0.573 e. The molecule has 0 aromatic heterocycles. The monoisotopic (exact) mass is 307 g/mol. The Morgan fingerprint density at radius 1 is 1.33 bits per heavy atom. The normalized spacial score (nSPS) is 12.6. The van der Waals surface area contributed by atoms with Gasteiger partial charge in [0, 0.05) is 12.2 Å². The summed E-state index contributed by atoms with van der Waals surface area (Å²) >= 11 is 0. The number of aliphatic hydroxyl groups excluding tert-OH is 1. The Bertz CT molecular complexity index is 448. The number of hydrogen-bond acceptors (Lipinski definition) is 5. The highest BCUT2D eigenvalue weighted by atomic mass is 19.4. The van der Waals surface area contributed by atoms with E-state index in [1.807, 2.05) is 0 Å². The van der Waals surface area contributed by atoms with E-state index < -0.39 is 18.4 Å². The molecule has 8 heteroatoms. The van der Waals surface area contributed by atoms with Crippen LogP contribution in [0.25, 0.3) is 0 Å². The van der Waals surface area contributed by atoms with E-state index in [9.17, 15) is 23.1 Å². The third-order valence-corrected chi connectivity index (χ3v) is 2.34. The molecule has 5 nitrogen and oxygen atoms in total. The third kappa shape index (κ3) is 7.40. The molecule has 1 rings (SSSR count). The third-order valence-electron chi connectivity index (χ3n) is 2.34. The molecule has 0 saturated carbocycles. The number of esters is 1. The number of nitrogens with one attached hydrogen (secondary N) is 1. The summed E-state index contributed by atoms with van der Waals surface area (Å²) in [5.41, 5.74) is 0.493. The van der Waals surface area contributed by atoms with Crippen LogP contribution < -0.4 is 10.1 Å². The van der Waals surface area contributed by atoms with E-state index in [4.69, 9.17) is 0 Å². The molecule has 0 aliphatic carbocycles. The highest BCUT2D eigenvalue weighted by molar-refractivity contribution is 5.70. The van der Waals surface area contributed by atoms with E-state index in [1.54, 1.807) is 6.92 Å². The molecule has 21 heavy (non-hydrogen) atoms. The molecule has 0 radical (unpaired) electrons. The summed E-state index contributed by atoms with van der Waals surface area (Å²) in [6.07, 6.45) is -5.84. The predicted molar refractivity (Wildman–Crippen MR) is 68.9 cm³/mol. The fraction of sp³-hybridized carbons (Fsp3) is 0.462. The second-order valence-corrected chi connectivity index (χ2v) is 4.12. The number of benzene rings is 1. The van der Waals surface area contributed by atoms with Gasteiger partial charge in [-0.2, -0.15) is 0 Å². The second-order valence-electron chi connectivity index (χ2n) is 4.12. The number of halogens is 3. The van der Waals surface area contributed by atoms with Gasteiger partial charge in [0.1, 0.15) is 5.75 Å². The van der Waals surface area contributed by atoms with Crippen LogP contribution >= 0.6 is 0 Å². The van der Waals surface area contributed by atoms with Gasteiger partial charge in [0.05, 0.1) is 19.1 Å². The molecule has 0 aliphatic rings. The van der Waals surface area contributed by atoms with Crippen LogP contribution in [-0.2, 0) is 9.53 Å². The lowest BCUT2D eigenvalue weighted by Gasteiger charge is -2.13. The lowest BCUT2D eigenvalue weighted by Crippen LogP contribution is -2.23. The van der Waals surface area contributed by atoms with Crippen molar-refractivity contribution in [1.82, 2.24) is 0 Å². The Kier molecular flexibility index (Phi) is 6.29. The molecule has 0 heterocycles. The minimum Gasteiger partial charge on any atom is -0.466 e. The zero-order valence-electron chi connectivity index (χ0n) is 11.3. The van der Waals surface area contributed by atoms with Gasteiger partial charge in [-0.15, -0.1) is 13.2 Å². The van der Waals surface area contributed by atoms with E-state index >= 15 is 0 Å². The smallest absolute Gasteiger partial charge is 0.466 e. The minimum absolute atomic E-state index is 0.0677. The first-order chi connectivity index (χ1) is 9.80. The van der Waals surface area contributed by atoms with Gasteiger partial charge in [-0.1, -0.05) is 0 Å². The molecule has 0 bridgehead atoms. The van der Waals surface area contributed by atoms with Gasteiger partial charge in [-0.3, -0.25) is 4.79 Å². The molecular formula is C13H16F3NO4. The van der Waals surface area contributed by atoms with Gasteiger partial charge < -0.3 is 19.9 Å². The summed E-state index contributed by atoms with van der Waals surface area (Å²) < 4.78 is 44.3. The van der Waals surface area contributed by atoms with Crippen LogP contribution in [0.2, 0.25) is 0 Å². The van der Waals surface area contributed by atoms with E-state index in [1.165, 1.54) is 12.1 Å². The van der Waals surface area contributed by atoms with Crippen molar-refractivity contribution < 1.29 is 32.5 Å². The Hall–Kier alpha value is -1.96. The highest BCUT2D eigenvalue weighted by Crippen LogP contribution is 2.23. The van der Waals surface area contributed by atoms with Crippen LogP contribution in [0.3, 0.4) is 0 Å². The Morgan fingerprint density at radius 3 is 2.48 bits per heavy atom. The first-order valence-electron chi connectivity index (χ1n) is 6.23. The van der Waals surface area contributed by atoms with Crippen molar-refractivity contribution in [2.45, 2.75) is 25.8 Å². The molecule has 0 aliphatic heterocycles. The van der Waals surface area contributed by atoms with Crippen LogP contribution in [-0.4, -0.2) is 36.7 Å². The molecule has 0 fully saturated rings. The SMILES string of the molecule is CCOC(=O)CC(O)CNc1ccc(OC(F)(F)F)cc1. The predicted octanol–water partition coefficient (Wildman–Crippen LogP) is 2.31. The van der Waals surface area contributed by atoms with Gasteiger partial charge in [0.15, 0.2) is 0 Å². The number of carbonyl (C=O) groups excluding carboxylic acids is 1. The van der Waals surface area contributed by atoms with E-state index in [2.05, 4.69) is 14.8 Å². The molecule has 0 spiro atoms. The summed E-state index contributed by atoms with van der Waals surface area (Å²) in [5, 5.41) is 12.4. The van der Waals surface area contributed by atoms with Crippen LogP contribution in [0.5, 0.6) is 5.75 Å². The van der Waals surface area contributed by atoms with Crippen molar-refractivity contribution in [3.63, 3.8) is 0 Å². The first kappa shape index (κ1) is 17.1. The Labute approximate surface area is 119 Å². The number of carbonyl (C=O) groups is 1. The number of anilines is 1. The molecule has 118 valence electrons. The maximum atomic E-state index is 12.0. The van der Waals surface area contributed by atoms with Gasteiger partial charge >= 0.3 is 12.3 Å². The summed E-state index contributed by atoms with van der Waals surface area (Å²) in [6, 6.07) is 5.04. The van der Waals surface area contributed by atoms with Crippen molar-refractivity contribution in [1.29, 1.82) is 0 Å². The van der Waals surface area contributed by atoms with Gasteiger partial charge in [0.2, 0.25) is 0 Å². The van der Waals surface area contributed by atoms with Crippen LogP contribution in [0.4, 0.5) is 18.9 Å². The van der Waals surface area contributed by atoms with Gasteiger partial charge in [0.25, 0.3) is 0 Å². The fourth-order valence-corrected chi connectivity index (χ4v) is 1.49. The van der Waals surface area contributed by atoms with E-state index in [0.717, 1.165) is 12.1 Å². The fourth-order valence-electron chi connectivity index (χ4n) is 1.49. The molecule has 1 aromatic carbocycles. The molecule has 1 unspecified atom stereocenters. The summed E-state index contributed by atoms with van der Waals surface area (Å²) in [6.45, 7) is 1.96. The molecular weight excluding hydrogens is 291 g/mol. The largest absolute Gasteiger partial charge is 0.573 e. The highest BCUT2D eigenvalue weighted by Gasteiger charge is 2.30. The number of alkyl halides is 3. The number of aliphatic hydroxyl groups is 1. The van der Waals surface area contributed by atoms with Crippen LogP contribution in [0.15, 0.2) is 24.3 Å². The quantitative estimate of drug-likeness (QED) is 0.757. The van der Waals surface area contributed by atoms with E-state index in [-0.39, 0.29) is 25.3 Å². The van der Waals surface area contributed by atoms with Crippen molar-refractivity contribution in [3.05, 3.63) is 24.3 Å². The van der Waals surface area contributed by atoms with Crippen molar-refractivity contribution in [2.75, 3.05) is 18.5 Å². The Balaban J connectivity index is 2.40. The van der Waals surface area contributed by atoms with Crippen molar-refractivity contribution in [2.24, 2.45) is 0 Å². The zero-order chi connectivity index (χ0) is 15.9. The minimum atomic E-state index is -4.73. The van der Waals surface area contributed by atoms with Crippen molar-refractivity contribution in [3.8, 4) is 5.75 Å². The summed E-state index contributed by atoms with van der Waals surface area (Å²) in [7, 11) is 0. The number of rotatable bonds is 7.